The zero-order valence-corrected chi connectivity index (χ0v) is 53.2. The number of carbonyl (C=O) groups excluding carboxylic acids is 6. The summed E-state index contributed by atoms with van der Waals surface area (Å²) in [7, 11) is 6.64. The molecule has 15 rings (SSSR count). The van der Waals surface area contributed by atoms with Crippen molar-refractivity contribution in [3.63, 3.8) is 0 Å². The molecule has 6 aliphatic carbocycles. The summed E-state index contributed by atoms with van der Waals surface area (Å²) in [6.45, 7) is 23.5. The van der Waals surface area contributed by atoms with Crippen LogP contribution in [0.4, 0.5) is 4.79 Å². The lowest BCUT2D eigenvalue weighted by atomic mass is 9.51. The average molecular weight is 1180 g/mol. The molecular weight excluding hydrogens is 1090 g/mol. The highest BCUT2D eigenvalue weighted by Crippen LogP contribution is 2.66. The van der Waals surface area contributed by atoms with Gasteiger partial charge in [0.2, 0.25) is 20.2 Å². The van der Waals surface area contributed by atoms with Crippen LogP contribution in [0.25, 0.3) is 0 Å². The number of nitrogens with zero attached hydrogens (tertiary/aromatic N) is 3. The Morgan fingerprint density at radius 3 is 1.08 bits per heavy atom. The van der Waals surface area contributed by atoms with E-state index >= 15 is 0 Å². The fourth-order valence-electron chi connectivity index (χ4n) is 19.5. The van der Waals surface area contributed by atoms with Crippen LogP contribution in [0, 0.1) is 49.4 Å². The Bertz CT molecular complexity index is 3250. The average Bonchev–Trinajstić information content (AvgIpc) is 1.43. The second-order valence-electron chi connectivity index (χ2n) is 30.9. The molecule has 6 fully saturated rings. The maximum absolute atomic E-state index is 12.9. The Kier molecular flexibility index (Phi) is 13.8. The van der Waals surface area contributed by atoms with E-state index in [-0.39, 0.29) is 63.8 Å². The standard InChI is InChI=1S/2C24H32NO4.C22H28NO5/c2*1-14-6-7-15-12-17-16-8-9-18(26)21-24(16,19(15)20(14)29-21)10-11-25(17,5)13-28-22(27)23(2,3)4;1-4-26-21(25)27-12-23(3)10-9-22-15-7-8-17(24)20(22)28-19-13(2)5-6-14(18(19)22)11-16(15)23/h2*6-7,16-17,21H,8-13H2,1-5H3;5-6,15-16,20H,4,7-12H2,1-3H3/q3*+1/t16-,17?,21-,24-,25+;16-,17?,21-,24-,25-;15-,16?,20-,22-,23+/m000/s1. The summed E-state index contributed by atoms with van der Waals surface area (Å²) in [5.74, 6) is 4.55. The van der Waals surface area contributed by atoms with E-state index < -0.39 is 17.0 Å². The minimum atomic E-state index is -0.600. The van der Waals surface area contributed by atoms with Crippen LogP contribution in [0.2, 0.25) is 0 Å². The highest BCUT2D eigenvalue weighted by atomic mass is 16.7. The molecule has 6 bridgehead atoms. The van der Waals surface area contributed by atoms with Gasteiger partial charge in [0.15, 0.2) is 35.7 Å². The number of piperidine rings is 3. The zero-order valence-electron chi connectivity index (χ0n) is 53.2. The van der Waals surface area contributed by atoms with Gasteiger partial charge in [-0.25, -0.2) is 4.79 Å². The van der Waals surface area contributed by atoms with Crippen molar-refractivity contribution in [2.45, 2.75) is 199 Å². The van der Waals surface area contributed by atoms with E-state index in [4.69, 9.17) is 33.2 Å². The van der Waals surface area contributed by atoms with Gasteiger partial charge in [-0.1, -0.05) is 36.4 Å². The largest absolute Gasteiger partial charge is 0.512 e. The number of quaternary nitrogens is 3. The lowest BCUT2D eigenvalue weighted by molar-refractivity contribution is -0.959. The number of hydrogen-bond donors (Lipinski definition) is 0. The first-order valence-corrected chi connectivity index (χ1v) is 32.2. The van der Waals surface area contributed by atoms with Gasteiger partial charge in [0.25, 0.3) is 0 Å². The van der Waals surface area contributed by atoms with Crippen LogP contribution in [-0.2, 0) is 78.4 Å². The molecule has 0 aromatic heterocycles. The van der Waals surface area contributed by atoms with Gasteiger partial charge in [0.1, 0.15) is 17.2 Å². The number of rotatable bonds is 7. The number of Topliss-reactive ketones (excluding diaryl/α,β-unsaturated/α-hetero) is 3. The first kappa shape index (κ1) is 59.1. The van der Waals surface area contributed by atoms with Crippen molar-refractivity contribution in [1.82, 2.24) is 0 Å². The number of hydrogen-bond acceptors (Lipinski definition) is 13. The molecule has 0 N–H and O–H groups in total. The molecule has 3 saturated heterocycles. The molecule has 462 valence electrons. The summed E-state index contributed by atoms with van der Waals surface area (Å²) < 4.78 is 43.4. The van der Waals surface area contributed by atoms with E-state index in [0.29, 0.717) is 86.4 Å². The molecular formula is C70H92N3O13+3. The molecule has 0 amide bonds. The number of likely N-dealkylation sites (N-methyl/N-ethyl adjacent to an activating group) is 3. The van der Waals surface area contributed by atoms with E-state index in [1.54, 1.807) is 6.92 Å². The molecule has 12 aliphatic rings. The van der Waals surface area contributed by atoms with Gasteiger partial charge in [0, 0.05) is 92.2 Å². The van der Waals surface area contributed by atoms with Crippen molar-refractivity contribution >= 4 is 35.4 Å². The SMILES string of the molecule is CCOC(=O)OC[N@@+]1(C)CC[C@]23c4c5ccc(C)c4O[C@H]2C(=O)CC[C@H]3C1C5.Cc1ccc2c3c1O[C@H]1C(=O)CC[C@H]4C(C2)[N@+](C)(COC(=O)C(C)(C)C)CC[C@]314.Cc1ccc2c3c1O[C@H]1C(=O)CC[C@H]4C(C2)[N@@+](C)(COC(=O)C(C)(C)C)CC[C@]314. The van der Waals surface area contributed by atoms with Gasteiger partial charge in [0.05, 0.1) is 92.6 Å². The van der Waals surface area contributed by atoms with Gasteiger partial charge in [-0.2, -0.15) is 0 Å². The lowest BCUT2D eigenvalue weighted by Crippen LogP contribution is -2.72. The molecule has 6 heterocycles. The normalized spacial score (nSPS) is 37.0. The Morgan fingerprint density at radius 2 is 0.791 bits per heavy atom. The van der Waals surface area contributed by atoms with Crippen LogP contribution in [0.1, 0.15) is 156 Å². The fraction of sp³-hybridized carbons (Fsp3) is 0.657. The van der Waals surface area contributed by atoms with Gasteiger partial charge in [-0.05, 0) is 122 Å². The molecule has 3 aromatic carbocycles. The van der Waals surface area contributed by atoms with Crippen molar-refractivity contribution in [2.24, 2.45) is 28.6 Å². The molecule has 16 heteroatoms. The summed E-state index contributed by atoms with van der Waals surface area (Å²) in [5, 5.41) is 0. The predicted molar refractivity (Wildman–Crippen MR) is 318 cm³/mol. The summed E-state index contributed by atoms with van der Waals surface area (Å²) in [6, 6.07) is 14.1. The van der Waals surface area contributed by atoms with Gasteiger partial charge in [-0.15, -0.1) is 0 Å². The summed E-state index contributed by atoms with van der Waals surface area (Å²) >= 11 is 0. The quantitative estimate of drug-likeness (QED) is 0.125. The number of ketones is 3. The molecule has 3 saturated carbocycles. The predicted octanol–water partition coefficient (Wildman–Crippen LogP) is 9.47. The monoisotopic (exact) mass is 1180 g/mol. The Labute approximate surface area is 507 Å². The number of carbonyl (C=O) groups is 6. The number of likely N-dealkylation sites (tertiary alicyclic amines) is 3. The van der Waals surface area contributed by atoms with Crippen molar-refractivity contribution in [3.05, 3.63) is 86.5 Å². The minimum absolute atomic E-state index is 0.146. The maximum atomic E-state index is 12.9. The Morgan fingerprint density at radius 1 is 0.488 bits per heavy atom. The highest BCUT2D eigenvalue weighted by Gasteiger charge is 2.72. The van der Waals surface area contributed by atoms with Crippen LogP contribution < -0.4 is 14.2 Å². The Hall–Kier alpha value is -5.84. The van der Waals surface area contributed by atoms with Crippen LogP contribution in [0.3, 0.4) is 0 Å². The first-order chi connectivity index (χ1) is 40.6. The summed E-state index contributed by atoms with van der Waals surface area (Å²) in [4.78, 5) is 75.4. The minimum Gasteiger partial charge on any atom is -0.481 e. The third kappa shape index (κ3) is 8.49. The third-order valence-corrected chi connectivity index (χ3v) is 23.9. The van der Waals surface area contributed by atoms with E-state index in [9.17, 15) is 28.8 Å². The summed E-state index contributed by atoms with van der Waals surface area (Å²) in [5.41, 5.74) is 9.78. The molecule has 3 unspecified atom stereocenters. The molecule has 3 aromatic rings. The number of benzene rings is 3. The molecule has 0 radical (unpaired) electrons. The lowest BCUT2D eigenvalue weighted by Gasteiger charge is -2.59. The smallest absolute Gasteiger partial charge is 0.481 e. The van der Waals surface area contributed by atoms with E-state index in [1.165, 1.54) is 33.4 Å². The van der Waals surface area contributed by atoms with Crippen molar-refractivity contribution in [3.8, 4) is 17.2 Å². The molecule has 3 spiro atoms. The van der Waals surface area contributed by atoms with Crippen LogP contribution in [-0.4, -0.2) is 153 Å². The zero-order chi connectivity index (χ0) is 61.2. The fourth-order valence-corrected chi connectivity index (χ4v) is 19.5. The van der Waals surface area contributed by atoms with Crippen molar-refractivity contribution < 1.29 is 75.4 Å². The van der Waals surface area contributed by atoms with E-state index in [1.807, 2.05) is 41.5 Å². The van der Waals surface area contributed by atoms with Crippen LogP contribution >= 0.6 is 0 Å². The van der Waals surface area contributed by atoms with Crippen molar-refractivity contribution in [1.29, 1.82) is 0 Å². The molecule has 6 aliphatic heterocycles. The van der Waals surface area contributed by atoms with Crippen LogP contribution in [0.15, 0.2) is 36.4 Å². The highest BCUT2D eigenvalue weighted by molar-refractivity contribution is 5.90. The number of ether oxygens (including phenoxy) is 7. The second kappa shape index (κ2) is 20.1. The van der Waals surface area contributed by atoms with Gasteiger partial charge >= 0.3 is 18.1 Å². The number of aryl methyl sites for hydroxylation is 3. The van der Waals surface area contributed by atoms with Gasteiger partial charge < -0.3 is 33.2 Å². The van der Waals surface area contributed by atoms with Crippen LogP contribution in [0.5, 0.6) is 17.2 Å². The summed E-state index contributed by atoms with van der Waals surface area (Å²) in [6.07, 6.45) is 8.46. The van der Waals surface area contributed by atoms with E-state index in [0.717, 1.165) is 120 Å². The van der Waals surface area contributed by atoms with E-state index in [2.05, 4.69) is 78.3 Å². The van der Waals surface area contributed by atoms with Crippen molar-refractivity contribution in [2.75, 3.05) is 67.6 Å². The number of esters is 2. The first-order valence-electron chi connectivity index (χ1n) is 32.2. The molecule has 86 heavy (non-hydrogen) atoms. The Balaban J connectivity index is 0.000000120. The maximum Gasteiger partial charge on any atom is 0.512 e. The molecule has 16 nitrogen and oxygen atoms in total. The second-order valence-corrected chi connectivity index (χ2v) is 30.9. The van der Waals surface area contributed by atoms with Gasteiger partial charge in [-0.3, -0.25) is 37.4 Å². The topological polar surface area (TPSA) is 167 Å². The molecule has 15 atom stereocenters. The third-order valence-electron chi connectivity index (χ3n) is 23.9.